The number of likely N-dealkylation sites (tertiary alicyclic amines) is 1. The van der Waals surface area contributed by atoms with E-state index in [-0.39, 0.29) is 10.6 Å². The van der Waals surface area contributed by atoms with Gasteiger partial charge in [0.15, 0.2) is 6.61 Å². The van der Waals surface area contributed by atoms with E-state index in [1.54, 1.807) is 0 Å². The number of hydrogen-bond acceptors (Lipinski definition) is 7. The summed E-state index contributed by atoms with van der Waals surface area (Å²) in [5.74, 6) is -3.22. The van der Waals surface area contributed by atoms with Crippen LogP contribution in [-0.2, 0) is 33.9 Å². The number of amides is 3. The molecule has 0 bridgehead atoms. The average molecular weight is 490 g/mol. The molecule has 3 aliphatic rings. The predicted molar refractivity (Wildman–Crippen MR) is 121 cm³/mol. The molecule has 4 rings (SSSR count). The average Bonchev–Trinajstić information content (AvgIpc) is 3.08. The van der Waals surface area contributed by atoms with E-state index in [9.17, 15) is 27.6 Å². The lowest BCUT2D eigenvalue weighted by molar-refractivity contribution is -0.154. The Morgan fingerprint density at radius 2 is 1.65 bits per heavy atom. The van der Waals surface area contributed by atoms with Crippen LogP contribution in [0.5, 0.6) is 0 Å². The van der Waals surface area contributed by atoms with Gasteiger partial charge in [-0.1, -0.05) is 24.6 Å². The van der Waals surface area contributed by atoms with Crippen LogP contribution >= 0.6 is 0 Å². The molecule has 0 radical (unpaired) electrons. The van der Waals surface area contributed by atoms with E-state index in [4.69, 9.17) is 4.74 Å². The summed E-state index contributed by atoms with van der Waals surface area (Å²) in [5.41, 5.74) is 0.251. The van der Waals surface area contributed by atoms with Crippen molar-refractivity contribution >= 4 is 39.4 Å². The molecule has 2 fully saturated rings. The molecule has 10 nitrogen and oxygen atoms in total. The maximum atomic E-state index is 12.8. The van der Waals surface area contributed by atoms with E-state index >= 15 is 0 Å². The summed E-state index contributed by atoms with van der Waals surface area (Å²) in [6.07, 6.45) is 7.27. The van der Waals surface area contributed by atoms with Gasteiger partial charge in [0, 0.05) is 18.8 Å². The first-order chi connectivity index (χ1) is 16.3. The van der Waals surface area contributed by atoms with Crippen molar-refractivity contribution in [1.29, 1.82) is 0 Å². The van der Waals surface area contributed by atoms with Gasteiger partial charge in [-0.15, -0.1) is 0 Å². The highest BCUT2D eigenvalue weighted by molar-refractivity contribution is 7.89. The smallest absolute Gasteiger partial charge is 0.326 e. The zero-order valence-electron chi connectivity index (χ0n) is 18.6. The van der Waals surface area contributed by atoms with Gasteiger partial charge in [-0.2, -0.15) is 4.31 Å². The highest BCUT2D eigenvalue weighted by Crippen LogP contribution is 2.34. The van der Waals surface area contributed by atoms with Gasteiger partial charge < -0.3 is 10.1 Å². The number of nitrogens with zero attached hydrogens (tertiary/aromatic N) is 2. The first-order valence-corrected chi connectivity index (χ1v) is 12.8. The normalized spacial score (nSPS) is 23.0. The summed E-state index contributed by atoms with van der Waals surface area (Å²) >= 11 is 0. The van der Waals surface area contributed by atoms with E-state index in [0.717, 1.165) is 24.2 Å². The standard InChI is InChI=1S/C23H27N3O7S/c27-20(15-33-21(28)14-26-22(29)18-9-2-3-10-19(18)23(26)30)24-16-7-6-8-17(13-16)34(31,32)25-11-4-1-5-12-25/h2-3,6-8,13,18-19H,1,4-5,9-12,14-15H2,(H,24,27). The number of benzene rings is 1. The third kappa shape index (κ3) is 5.05. The van der Waals surface area contributed by atoms with E-state index in [0.29, 0.717) is 25.9 Å². The topological polar surface area (TPSA) is 130 Å². The van der Waals surface area contributed by atoms with Crippen LogP contribution in [0.25, 0.3) is 0 Å². The maximum Gasteiger partial charge on any atom is 0.326 e. The Kier molecular flexibility index (Phi) is 7.13. The van der Waals surface area contributed by atoms with Gasteiger partial charge in [0.05, 0.1) is 16.7 Å². The quantitative estimate of drug-likeness (QED) is 0.347. The first kappa shape index (κ1) is 24.1. The number of imide groups is 1. The van der Waals surface area contributed by atoms with Crippen LogP contribution in [0.4, 0.5) is 5.69 Å². The second-order valence-corrected chi connectivity index (χ2v) is 10.6. The van der Waals surface area contributed by atoms with Crippen molar-refractivity contribution in [2.45, 2.75) is 37.0 Å². The fourth-order valence-electron chi connectivity index (χ4n) is 4.53. The van der Waals surface area contributed by atoms with Crippen molar-refractivity contribution in [2.75, 3.05) is 31.6 Å². The number of fused-ring (bicyclic) bond motifs is 1. The van der Waals surface area contributed by atoms with Gasteiger partial charge in [0.1, 0.15) is 6.54 Å². The summed E-state index contributed by atoms with van der Waals surface area (Å²) in [6, 6.07) is 5.89. The predicted octanol–water partition coefficient (Wildman–Crippen LogP) is 1.29. The highest BCUT2D eigenvalue weighted by atomic mass is 32.2. The molecule has 1 aliphatic carbocycles. The summed E-state index contributed by atoms with van der Waals surface area (Å²) in [5, 5.41) is 2.51. The van der Waals surface area contributed by atoms with Crippen molar-refractivity contribution in [2.24, 2.45) is 11.8 Å². The number of anilines is 1. The van der Waals surface area contributed by atoms with Gasteiger partial charge >= 0.3 is 5.97 Å². The van der Waals surface area contributed by atoms with Crippen LogP contribution in [0.15, 0.2) is 41.3 Å². The molecule has 11 heteroatoms. The third-order valence-corrected chi connectivity index (χ3v) is 8.22. The molecule has 2 aliphatic heterocycles. The number of allylic oxidation sites excluding steroid dienone is 2. The number of carbonyl (C=O) groups excluding carboxylic acids is 4. The van der Waals surface area contributed by atoms with Crippen molar-refractivity contribution in [3.8, 4) is 0 Å². The number of ether oxygens (including phenoxy) is 1. The molecule has 0 saturated carbocycles. The fraction of sp³-hybridized carbons (Fsp3) is 0.478. The molecule has 34 heavy (non-hydrogen) atoms. The van der Waals surface area contributed by atoms with Crippen molar-refractivity contribution in [3.05, 3.63) is 36.4 Å². The van der Waals surface area contributed by atoms with Crippen LogP contribution in [-0.4, -0.2) is 67.6 Å². The lowest BCUT2D eigenvalue weighted by Gasteiger charge is -2.26. The zero-order valence-corrected chi connectivity index (χ0v) is 19.5. The summed E-state index contributed by atoms with van der Waals surface area (Å²) in [6.45, 7) is -0.238. The number of nitrogens with one attached hydrogen (secondary N) is 1. The molecule has 0 aromatic heterocycles. The van der Waals surface area contributed by atoms with E-state index in [1.165, 1.54) is 28.6 Å². The minimum Gasteiger partial charge on any atom is -0.454 e. The Balaban J connectivity index is 1.30. The van der Waals surface area contributed by atoms with Crippen LogP contribution in [0.3, 0.4) is 0 Å². The summed E-state index contributed by atoms with van der Waals surface area (Å²) in [4.78, 5) is 50.2. The van der Waals surface area contributed by atoms with E-state index in [1.807, 2.05) is 12.2 Å². The van der Waals surface area contributed by atoms with E-state index < -0.39 is 58.7 Å². The van der Waals surface area contributed by atoms with Gasteiger partial charge in [-0.25, -0.2) is 8.42 Å². The van der Waals surface area contributed by atoms with Crippen molar-refractivity contribution in [1.82, 2.24) is 9.21 Å². The van der Waals surface area contributed by atoms with Crippen LogP contribution in [0, 0.1) is 11.8 Å². The molecule has 2 heterocycles. The van der Waals surface area contributed by atoms with Gasteiger partial charge in [-0.3, -0.25) is 24.1 Å². The van der Waals surface area contributed by atoms with Crippen molar-refractivity contribution < 1.29 is 32.3 Å². The maximum absolute atomic E-state index is 12.8. The molecule has 3 amide bonds. The molecule has 0 spiro atoms. The fourth-order valence-corrected chi connectivity index (χ4v) is 6.09. The van der Waals surface area contributed by atoms with Gasteiger partial charge in [-0.05, 0) is 43.9 Å². The summed E-state index contributed by atoms with van der Waals surface area (Å²) in [7, 11) is -3.66. The van der Waals surface area contributed by atoms with Crippen LogP contribution < -0.4 is 5.32 Å². The van der Waals surface area contributed by atoms with Crippen LogP contribution in [0.1, 0.15) is 32.1 Å². The molecule has 2 atom stereocenters. The number of esters is 1. The number of piperidine rings is 1. The van der Waals surface area contributed by atoms with Crippen LogP contribution in [0.2, 0.25) is 0 Å². The monoisotopic (exact) mass is 489 g/mol. The molecule has 2 unspecified atom stereocenters. The Labute approximate surface area is 198 Å². The highest BCUT2D eigenvalue weighted by Gasteiger charge is 2.47. The van der Waals surface area contributed by atoms with Gasteiger partial charge in [0.25, 0.3) is 5.91 Å². The Morgan fingerprint density at radius 1 is 1.00 bits per heavy atom. The number of sulfonamides is 1. The third-order valence-electron chi connectivity index (χ3n) is 6.32. The second-order valence-electron chi connectivity index (χ2n) is 8.62. The Morgan fingerprint density at radius 3 is 2.29 bits per heavy atom. The second kappa shape index (κ2) is 10.1. The minimum absolute atomic E-state index is 0.0752. The Hall–Kier alpha value is -3.05. The summed E-state index contributed by atoms with van der Waals surface area (Å²) < 4.78 is 32.0. The molecule has 1 N–H and O–H groups in total. The molecule has 182 valence electrons. The number of hydrogen-bond donors (Lipinski definition) is 1. The lowest BCUT2D eigenvalue weighted by Crippen LogP contribution is -2.37. The molecular formula is C23H27N3O7S. The largest absolute Gasteiger partial charge is 0.454 e. The number of carbonyl (C=O) groups is 4. The molecular weight excluding hydrogens is 462 g/mol. The SMILES string of the molecule is O=C(COC(=O)CN1C(=O)C2CC=CCC2C1=O)Nc1cccc(S(=O)(=O)N2CCCCC2)c1. The Bertz CT molecular complexity index is 1100. The van der Waals surface area contributed by atoms with Crippen molar-refractivity contribution in [3.63, 3.8) is 0 Å². The van der Waals surface area contributed by atoms with Gasteiger partial charge in [0.2, 0.25) is 21.8 Å². The lowest BCUT2D eigenvalue weighted by atomic mass is 9.85. The first-order valence-electron chi connectivity index (χ1n) is 11.3. The molecule has 1 aromatic rings. The minimum atomic E-state index is -3.66. The molecule has 1 aromatic carbocycles. The molecule has 2 saturated heterocycles. The zero-order chi connectivity index (χ0) is 24.3. The number of rotatable bonds is 7. The van der Waals surface area contributed by atoms with E-state index in [2.05, 4.69) is 5.32 Å².